The summed E-state index contributed by atoms with van der Waals surface area (Å²) in [5.74, 6) is -0.864. The summed E-state index contributed by atoms with van der Waals surface area (Å²) in [6.07, 6.45) is -3.44. The molecule has 3 aromatic rings. The van der Waals surface area contributed by atoms with Gasteiger partial charge in [0.05, 0.1) is 29.8 Å². The number of halogens is 4. The van der Waals surface area contributed by atoms with Crippen LogP contribution in [0.25, 0.3) is 0 Å². The number of ether oxygens (including phenoxy) is 2. The first-order chi connectivity index (χ1) is 17.4. The van der Waals surface area contributed by atoms with Crippen molar-refractivity contribution in [3.8, 4) is 11.9 Å². The van der Waals surface area contributed by atoms with E-state index in [-0.39, 0.29) is 39.9 Å². The van der Waals surface area contributed by atoms with E-state index in [9.17, 15) is 26.4 Å². The molecule has 1 saturated carbocycles. The van der Waals surface area contributed by atoms with Gasteiger partial charge in [0, 0.05) is 17.7 Å². The number of hydrogen-bond acceptors (Lipinski definition) is 8. The number of nitrogens with one attached hydrogen (secondary N) is 2. The van der Waals surface area contributed by atoms with Crippen molar-refractivity contribution in [1.82, 2.24) is 19.7 Å². The normalized spacial score (nSPS) is 13.8. The van der Waals surface area contributed by atoms with E-state index in [0.29, 0.717) is 12.8 Å². The number of amides is 1. The van der Waals surface area contributed by atoms with E-state index >= 15 is 0 Å². The van der Waals surface area contributed by atoms with Gasteiger partial charge in [0.1, 0.15) is 6.54 Å². The van der Waals surface area contributed by atoms with Gasteiger partial charge in [0.15, 0.2) is 11.5 Å². The van der Waals surface area contributed by atoms with Gasteiger partial charge < -0.3 is 14.8 Å². The van der Waals surface area contributed by atoms with Crippen LogP contribution in [-0.4, -0.2) is 48.3 Å². The number of anilines is 2. The van der Waals surface area contributed by atoms with Gasteiger partial charge >= 0.3 is 12.2 Å². The molecule has 4 rings (SSSR count). The van der Waals surface area contributed by atoms with E-state index in [1.807, 2.05) is 0 Å². The number of sulfonamides is 1. The Morgan fingerprint density at radius 1 is 1.16 bits per heavy atom. The number of carbonyl (C=O) groups is 1. The molecule has 1 fully saturated rings. The Kier molecular flexibility index (Phi) is 7.19. The summed E-state index contributed by atoms with van der Waals surface area (Å²) in [5, 5.41) is 5.53. The predicted octanol–water partition coefficient (Wildman–Crippen LogP) is 3.68. The van der Waals surface area contributed by atoms with Gasteiger partial charge in [-0.2, -0.15) is 28.2 Å². The Morgan fingerprint density at radius 2 is 1.84 bits per heavy atom. The molecule has 0 atom stereocenters. The average molecular weight is 561 g/mol. The van der Waals surface area contributed by atoms with Gasteiger partial charge in [-0.25, -0.2) is 8.42 Å². The summed E-state index contributed by atoms with van der Waals surface area (Å²) in [6, 6.07) is 6.27. The number of nitrogens with zero attached hydrogens (tertiary/aromatic N) is 4. The zero-order chi connectivity index (χ0) is 27.0. The molecule has 1 aliphatic carbocycles. The lowest BCUT2D eigenvalue weighted by Crippen LogP contribution is -2.21. The van der Waals surface area contributed by atoms with Crippen molar-refractivity contribution >= 4 is 39.0 Å². The van der Waals surface area contributed by atoms with Crippen LogP contribution in [0.4, 0.5) is 24.7 Å². The molecule has 198 valence electrons. The molecule has 0 aliphatic heterocycles. The highest BCUT2D eigenvalue weighted by Gasteiger charge is 2.42. The minimum Gasteiger partial charge on any atom is -0.481 e. The second-order valence-electron chi connectivity index (χ2n) is 7.94. The molecule has 2 heterocycles. The summed E-state index contributed by atoms with van der Waals surface area (Å²) < 4.78 is 78.3. The quantitative estimate of drug-likeness (QED) is 0.404. The van der Waals surface area contributed by atoms with E-state index < -0.39 is 39.4 Å². The van der Waals surface area contributed by atoms with E-state index in [4.69, 9.17) is 21.1 Å². The number of hydrogen-bond donors (Lipinski definition) is 2. The fourth-order valence-corrected chi connectivity index (χ4v) is 4.79. The Labute approximate surface area is 214 Å². The van der Waals surface area contributed by atoms with Gasteiger partial charge in [-0.15, -0.1) is 0 Å². The highest BCUT2D eigenvalue weighted by atomic mass is 35.5. The van der Waals surface area contributed by atoms with Gasteiger partial charge in [-0.3, -0.25) is 14.2 Å². The third kappa shape index (κ3) is 6.05. The molecule has 0 spiro atoms. The summed E-state index contributed by atoms with van der Waals surface area (Å²) >= 11 is 5.93. The number of benzene rings is 1. The maximum atomic E-state index is 13.2. The monoisotopic (exact) mass is 560 g/mol. The minimum absolute atomic E-state index is 0.0771. The number of rotatable bonds is 9. The first-order valence-electron chi connectivity index (χ1n) is 10.6. The van der Waals surface area contributed by atoms with Gasteiger partial charge in [0.2, 0.25) is 11.8 Å². The lowest BCUT2D eigenvalue weighted by molar-refractivity contribution is -0.141. The van der Waals surface area contributed by atoms with Crippen LogP contribution < -0.4 is 19.5 Å². The second kappa shape index (κ2) is 10.0. The first kappa shape index (κ1) is 26.5. The highest BCUT2D eigenvalue weighted by Crippen LogP contribution is 2.46. The zero-order valence-electron chi connectivity index (χ0n) is 19.3. The van der Waals surface area contributed by atoms with E-state index in [0.717, 1.165) is 4.68 Å². The molecule has 2 N–H and O–H groups in total. The molecular weight excluding hydrogens is 541 g/mol. The zero-order valence-corrected chi connectivity index (χ0v) is 20.9. The number of carbonyl (C=O) groups excluding carboxylic acids is 1. The van der Waals surface area contributed by atoms with Crippen molar-refractivity contribution < 1.29 is 35.9 Å². The topological polar surface area (TPSA) is 137 Å². The van der Waals surface area contributed by atoms with Crippen LogP contribution in [0.3, 0.4) is 0 Å². The predicted molar refractivity (Wildman–Crippen MR) is 125 cm³/mol. The molecule has 0 unspecified atom stereocenters. The molecular formula is C21H20ClF3N6O5S. The molecule has 11 nitrogen and oxygen atoms in total. The van der Waals surface area contributed by atoms with Crippen molar-refractivity contribution in [3.63, 3.8) is 0 Å². The van der Waals surface area contributed by atoms with Crippen LogP contribution in [0.1, 0.15) is 30.1 Å². The molecule has 1 aliphatic rings. The summed E-state index contributed by atoms with van der Waals surface area (Å²) in [6.45, 7) is -0.499. The largest absolute Gasteiger partial charge is 0.481 e. The molecule has 1 amide bonds. The van der Waals surface area contributed by atoms with Crippen molar-refractivity contribution in [3.05, 3.63) is 46.7 Å². The Hall–Kier alpha value is -3.59. The molecule has 0 radical (unpaired) electrons. The Bertz CT molecular complexity index is 1400. The van der Waals surface area contributed by atoms with Crippen LogP contribution in [-0.2, 0) is 27.5 Å². The molecule has 0 saturated heterocycles. The Morgan fingerprint density at radius 3 is 2.41 bits per heavy atom. The van der Waals surface area contributed by atoms with Gasteiger partial charge in [0.25, 0.3) is 10.0 Å². The third-order valence-electron chi connectivity index (χ3n) is 5.22. The first-order valence-corrected chi connectivity index (χ1v) is 12.5. The van der Waals surface area contributed by atoms with Crippen LogP contribution >= 0.6 is 11.6 Å². The van der Waals surface area contributed by atoms with Crippen LogP contribution in [0.5, 0.6) is 11.9 Å². The standard InChI is InChI=1S/C21H20ClF3N6O5S/c1-35-16-9-14(27-20(28-16)36-2)30-37(33,34)13-7-5-12(6-8-13)26-15(32)10-31-18(11-3-4-11)17(22)19(29-31)21(23,24)25/h5-9,11H,3-4,10H2,1-2H3,(H,26,32)(H,27,28,30). The highest BCUT2D eigenvalue weighted by molar-refractivity contribution is 7.92. The maximum absolute atomic E-state index is 13.2. The van der Waals surface area contributed by atoms with Crippen molar-refractivity contribution in [2.45, 2.75) is 36.4 Å². The second-order valence-corrected chi connectivity index (χ2v) is 10.00. The fourth-order valence-electron chi connectivity index (χ4n) is 3.40. The number of methoxy groups -OCH3 is 2. The van der Waals surface area contributed by atoms with Crippen molar-refractivity contribution in [1.29, 1.82) is 0 Å². The van der Waals surface area contributed by atoms with Gasteiger partial charge in [-0.1, -0.05) is 11.6 Å². The molecule has 1 aromatic carbocycles. The smallest absolute Gasteiger partial charge is 0.436 e. The minimum atomic E-state index is -4.75. The van der Waals surface area contributed by atoms with Crippen LogP contribution in [0.2, 0.25) is 5.02 Å². The SMILES string of the molecule is COc1cc(NS(=O)(=O)c2ccc(NC(=O)Cn3nc(C(F)(F)F)c(Cl)c3C3CC3)cc2)nc(OC)n1. The summed E-state index contributed by atoms with van der Waals surface area (Å²) in [7, 11) is -1.43. The molecule has 0 bridgehead atoms. The molecule has 2 aromatic heterocycles. The molecule has 37 heavy (non-hydrogen) atoms. The Balaban J connectivity index is 1.46. The molecule has 16 heteroatoms. The number of aromatic nitrogens is 4. The van der Waals surface area contributed by atoms with E-state index in [1.165, 1.54) is 44.6 Å². The van der Waals surface area contributed by atoms with E-state index in [1.54, 1.807) is 0 Å². The van der Waals surface area contributed by atoms with Crippen LogP contribution in [0.15, 0.2) is 35.2 Å². The summed E-state index contributed by atoms with van der Waals surface area (Å²) in [4.78, 5) is 20.2. The number of alkyl halides is 3. The lowest BCUT2D eigenvalue weighted by atomic mass is 10.2. The van der Waals surface area contributed by atoms with Crippen molar-refractivity contribution in [2.24, 2.45) is 0 Å². The lowest BCUT2D eigenvalue weighted by Gasteiger charge is -2.11. The third-order valence-corrected chi connectivity index (χ3v) is 6.96. The fraction of sp³-hybridized carbons (Fsp3) is 0.333. The van der Waals surface area contributed by atoms with E-state index in [2.05, 4.69) is 25.1 Å². The maximum Gasteiger partial charge on any atom is 0.436 e. The summed E-state index contributed by atoms with van der Waals surface area (Å²) in [5.41, 5.74) is -0.837. The average Bonchev–Trinajstić information content (AvgIpc) is 3.61. The van der Waals surface area contributed by atoms with Crippen molar-refractivity contribution in [2.75, 3.05) is 24.3 Å². The van der Waals surface area contributed by atoms with Gasteiger partial charge in [-0.05, 0) is 37.1 Å². The van der Waals surface area contributed by atoms with Crippen LogP contribution in [0, 0.1) is 0 Å².